The number of hydrogen-bond acceptors (Lipinski definition) is 2. The van der Waals surface area contributed by atoms with E-state index in [1.54, 1.807) is 12.5 Å². The number of aromatic amines is 1. The van der Waals surface area contributed by atoms with Gasteiger partial charge in [0.1, 0.15) is 0 Å². The van der Waals surface area contributed by atoms with Gasteiger partial charge in [-0.1, -0.05) is 29.8 Å². The van der Waals surface area contributed by atoms with Crippen molar-refractivity contribution < 1.29 is 4.79 Å². The highest BCUT2D eigenvalue weighted by Crippen LogP contribution is 2.20. The highest BCUT2D eigenvalue weighted by molar-refractivity contribution is 6.04. The maximum Gasteiger partial charge on any atom is 0.255 e. The van der Waals surface area contributed by atoms with Gasteiger partial charge in [0.05, 0.1) is 18.2 Å². The third kappa shape index (κ3) is 3.00. The summed E-state index contributed by atoms with van der Waals surface area (Å²) in [5, 5.41) is 2.91. The van der Waals surface area contributed by atoms with Gasteiger partial charge in [-0.25, -0.2) is 4.98 Å². The zero-order valence-electron chi connectivity index (χ0n) is 11.6. The Kier molecular flexibility index (Phi) is 3.51. The first-order valence-corrected chi connectivity index (χ1v) is 6.69. The molecule has 0 bridgehead atoms. The van der Waals surface area contributed by atoms with Crippen LogP contribution in [0.5, 0.6) is 0 Å². The van der Waals surface area contributed by atoms with E-state index in [0.717, 1.165) is 22.5 Å². The Hall–Kier alpha value is -2.88. The molecule has 1 aromatic heterocycles. The normalized spacial score (nSPS) is 10.3. The zero-order valence-corrected chi connectivity index (χ0v) is 11.6. The van der Waals surface area contributed by atoms with Crippen LogP contribution >= 0.6 is 0 Å². The zero-order chi connectivity index (χ0) is 14.7. The van der Waals surface area contributed by atoms with Gasteiger partial charge in [-0.3, -0.25) is 4.79 Å². The Morgan fingerprint density at radius 2 is 1.95 bits per heavy atom. The summed E-state index contributed by atoms with van der Waals surface area (Å²) in [5.41, 5.74) is 4.43. The van der Waals surface area contributed by atoms with E-state index in [1.165, 1.54) is 0 Å². The Bertz CT molecular complexity index is 746. The van der Waals surface area contributed by atoms with Crippen molar-refractivity contribution in [1.82, 2.24) is 9.97 Å². The van der Waals surface area contributed by atoms with Crippen LogP contribution in [0.2, 0.25) is 0 Å². The number of aromatic nitrogens is 2. The average molecular weight is 277 g/mol. The molecule has 2 N–H and O–H groups in total. The van der Waals surface area contributed by atoms with Crippen molar-refractivity contribution in [1.29, 1.82) is 0 Å². The molecule has 21 heavy (non-hydrogen) atoms. The molecule has 0 fully saturated rings. The van der Waals surface area contributed by atoms with E-state index in [9.17, 15) is 4.79 Å². The molecule has 1 heterocycles. The van der Waals surface area contributed by atoms with Crippen LogP contribution < -0.4 is 5.32 Å². The van der Waals surface area contributed by atoms with E-state index in [1.807, 2.05) is 55.5 Å². The summed E-state index contributed by atoms with van der Waals surface area (Å²) in [6.07, 6.45) is 3.38. The van der Waals surface area contributed by atoms with E-state index in [4.69, 9.17) is 0 Å². The molecule has 0 aliphatic carbocycles. The largest absolute Gasteiger partial charge is 0.345 e. The molecule has 0 saturated heterocycles. The lowest BCUT2D eigenvalue weighted by Gasteiger charge is -2.07. The van der Waals surface area contributed by atoms with Gasteiger partial charge >= 0.3 is 0 Å². The van der Waals surface area contributed by atoms with E-state index in [0.29, 0.717) is 5.56 Å². The summed E-state index contributed by atoms with van der Waals surface area (Å²) in [5.74, 6) is -0.114. The first-order chi connectivity index (χ1) is 10.2. The van der Waals surface area contributed by atoms with Gasteiger partial charge in [-0.05, 0) is 31.2 Å². The minimum absolute atomic E-state index is 0.114. The average Bonchev–Trinajstić information content (AvgIpc) is 3.02. The topological polar surface area (TPSA) is 57.8 Å². The molecule has 0 aliphatic heterocycles. The van der Waals surface area contributed by atoms with Gasteiger partial charge in [-0.15, -0.1) is 0 Å². The third-order valence-electron chi connectivity index (χ3n) is 3.24. The maximum absolute atomic E-state index is 12.2. The molecule has 0 radical (unpaired) electrons. The van der Waals surface area contributed by atoms with Crippen molar-refractivity contribution in [3.63, 3.8) is 0 Å². The number of carbonyl (C=O) groups is 1. The lowest BCUT2D eigenvalue weighted by molar-refractivity contribution is 0.102. The molecule has 4 nitrogen and oxygen atoms in total. The Labute approximate surface area is 122 Å². The van der Waals surface area contributed by atoms with Crippen LogP contribution in [-0.4, -0.2) is 15.9 Å². The van der Waals surface area contributed by atoms with Crippen molar-refractivity contribution in [2.24, 2.45) is 0 Å². The first kappa shape index (κ1) is 13.1. The summed E-state index contributed by atoms with van der Waals surface area (Å²) < 4.78 is 0. The van der Waals surface area contributed by atoms with E-state index in [-0.39, 0.29) is 5.91 Å². The highest BCUT2D eigenvalue weighted by atomic mass is 16.1. The van der Waals surface area contributed by atoms with Gasteiger partial charge in [0.25, 0.3) is 5.91 Å². The second-order valence-electron chi connectivity index (χ2n) is 4.87. The first-order valence-electron chi connectivity index (χ1n) is 6.69. The minimum Gasteiger partial charge on any atom is -0.345 e. The summed E-state index contributed by atoms with van der Waals surface area (Å²) in [7, 11) is 0. The van der Waals surface area contributed by atoms with Gasteiger partial charge in [-0.2, -0.15) is 0 Å². The number of nitrogens with zero attached hydrogens (tertiary/aromatic N) is 1. The molecule has 1 amide bonds. The molecule has 0 unspecified atom stereocenters. The quantitative estimate of drug-likeness (QED) is 0.768. The van der Waals surface area contributed by atoms with E-state index >= 15 is 0 Å². The molecule has 0 saturated carbocycles. The number of H-pyrrole nitrogens is 1. The Balaban J connectivity index is 1.80. The number of hydrogen-bond donors (Lipinski definition) is 2. The summed E-state index contributed by atoms with van der Waals surface area (Å²) in [4.78, 5) is 19.2. The molecular weight excluding hydrogens is 262 g/mol. The predicted octanol–water partition coefficient (Wildman–Crippen LogP) is 3.64. The van der Waals surface area contributed by atoms with E-state index in [2.05, 4.69) is 15.3 Å². The number of imidazole rings is 1. The predicted molar refractivity (Wildman–Crippen MR) is 83.2 cm³/mol. The Morgan fingerprint density at radius 1 is 1.14 bits per heavy atom. The molecule has 4 heteroatoms. The fraction of sp³-hybridized carbons (Fsp3) is 0.0588. The van der Waals surface area contributed by atoms with Crippen molar-refractivity contribution in [2.75, 3.05) is 5.32 Å². The van der Waals surface area contributed by atoms with Crippen LogP contribution in [0.25, 0.3) is 11.3 Å². The molecular formula is C17H15N3O. The van der Waals surface area contributed by atoms with E-state index < -0.39 is 0 Å². The van der Waals surface area contributed by atoms with Crippen LogP contribution in [0.1, 0.15) is 15.9 Å². The molecule has 3 rings (SSSR count). The van der Waals surface area contributed by atoms with Crippen LogP contribution in [0.3, 0.4) is 0 Å². The lowest BCUT2D eigenvalue weighted by atomic mass is 10.1. The number of nitrogens with one attached hydrogen (secondary N) is 2. The number of benzene rings is 2. The molecule has 0 aliphatic rings. The van der Waals surface area contributed by atoms with Crippen molar-refractivity contribution in [2.45, 2.75) is 6.92 Å². The van der Waals surface area contributed by atoms with Crippen LogP contribution in [0.15, 0.2) is 61.1 Å². The van der Waals surface area contributed by atoms with Crippen LogP contribution in [0, 0.1) is 6.92 Å². The molecule has 0 atom stereocenters. The fourth-order valence-corrected chi connectivity index (χ4v) is 2.09. The smallest absolute Gasteiger partial charge is 0.255 e. The van der Waals surface area contributed by atoms with Crippen molar-refractivity contribution in [3.8, 4) is 11.3 Å². The maximum atomic E-state index is 12.2. The number of carbonyl (C=O) groups excluding carboxylic acids is 1. The second-order valence-corrected chi connectivity index (χ2v) is 4.87. The fourth-order valence-electron chi connectivity index (χ4n) is 2.09. The number of rotatable bonds is 3. The molecule has 2 aromatic carbocycles. The summed E-state index contributed by atoms with van der Waals surface area (Å²) in [6.45, 7) is 2.00. The highest BCUT2D eigenvalue weighted by Gasteiger charge is 2.06. The standard InChI is InChI=1S/C17H15N3O/c1-12-5-7-13(8-6-12)17(21)20-15-4-2-3-14(9-15)16-10-18-11-19-16/h2-11H,1H3,(H,18,19)(H,20,21). The summed E-state index contributed by atoms with van der Waals surface area (Å²) in [6, 6.07) is 15.2. The van der Waals surface area contributed by atoms with Gasteiger partial charge in [0.15, 0.2) is 0 Å². The van der Waals surface area contributed by atoms with Gasteiger partial charge in [0.2, 0.25) is 0 Å². The monoisotopic (exact) mass is 277 g/mol. The number of anilines is 1. The second kappa shape index (κ2) is 5.63. The van der Waals surface area contributed by atoms with Crippen LogP contribution in [0.4, 0.5) is 5.69 Å². The minimum atomic E-state index is -0.114. The van der Waals surface area contributed by atoms with Crippen molar-refractivity contribution in [3.05, 3.63) is 72.2 Å². The SMILES string of the molecule is Cc1ccc(C(=O)Nc2cccc(-c3cnc[nH]3)c2)cc1. The molecule has 3 aromatic rings. The summed E-state index contributed by atoms with van der Waals surface area (Å²) >= 11 is 0. The number of aryl methyl sites for hydroxylation is 1. The third-order valence-corrected chi connectivity index (χ3v) is 3.24. The Morgan fingerprint density at radius 3 is 2.67 bits per heavy atom. The van der Waals surface area contributed by atoms with Gasteiger partial charge < -0.3 is 10.3 Å². The van der Waals surface area contributed by atoms with Gasteiger partial charge in [0, 0.05) is 16.8 Å². The van der Waals surface area contributed by atoms with Crippen LogP contribution in [-0.2, 0) is 0 Å². The lowest BCUT2D eigenvalue weighted by Crippen LogP contribution is -2.11. The number of amides is 1. The van der Waals surface area contributed by atoms with Crippen molar-refractivity contribution >= 4 is 11.6 Å². The molecule has 0 spiro atoms. The molecule has 104 valence electrons.